The summed E-state index contributed by atoms with van der Waals surface area (Å²) in [4.78, 5) is 0. The highest BCUT2D eigenvalue weighted by Gasteiger charge is 2.23. The summed E-state index contributed by atoms with van der Waals surface area (Å²) in [5.74, 6) is 1.41. The minimum absolute atomic E-state index is 0.0133. The third-order valence-corrected chi connectivity index (χ3v) is 8.26. The largest absolute Gasteiger partial charge is 0.490 e. The van der Waals surface area contributed by atoms with Gasteiger partial charge in [0, 0.05) is 5.56 Å². The molecule has 2 fully saturated rings. The second-order valence-corrected chi connectivity index (χ2v) is 11.0. The van der Waals surface area contributed by atoms with Crippen LogP contribution >= 0.6 is 0 Å². The highest BCUT2D eigenvalue weighted by Crippen LogP contribution is 2.39. The molecule has 0 heterocycles. The van der Waals surface area contributed by atoms with E-state index in [1.807, 2.05) is 19.1 Å². The lowest BCUT2D eigenvalue weighted by Crippen LogP contribution is -2.13. The predicted octanol–water partition coefficient (Wildman–Crippen LogP) is 9.86. The van der Waals surface area contributed by atoms with Crippen LogP contribution in [0, 0.1) is 29.4 Å². The molecule has 0 aliphatic heterocycles. The predicted molar refractivity (Wildman–Crippen MR) is 142 cm³/mol. The van der Waals surface area contributed by atoms with Gasteiger partial charge >= 0.3 is 0 Å². The fourth-order valence-electron chi connectivity index (χ4n) is 5.90. The Balaban J connectivity index is 1.25. The van der Waals surface area contributed by atoms with Gasteiger partial charge in [-0.05, 0) is 105 Å². The number of benzene rings is 2. The highest BCUT2D eigenvalue weighted by molar-refractivity contribution is 5.65. The van der Waals surface area contributed by atoms with Crippen LogP contribution in [0.4, 0.5) is 8.78 Å². The SMILES string of the molecule is CCCOc1ccc(-c2ccc(C3CCC(CC/C=C/C4CCC(C)CC4)CC3)cc2)c(F)c1F. The smallest absolute Gasteiger partial charge is 0.201 e. The van der Waals surface area contributed by atoms with Gasteiger partial charge in [0.2, 0.25) is 5.82 Å². The van der Waals surface area contributed by atoms with Gasteiger partial charge in [-0.3, -0.25) is 0 Å². The third kappa shape index (κ3) is 6.96. The summed E-state index contributed by atoms with van der Waals surface area (Å²) in [5, 5.41) is 0. The molecule has 2 aliphatic carbocycles. The summed E-state index contributed by atoms with van der Waals surface area (Å²) in [7, 11) is 0. The summed E-state index contributed by atoms with van der Waals surface area (Å²) in [6.07, 6.45) is 18.8. The third-order valence-electron chi connectivity index (χ3n) is 8.26. The summed E-state index contributed by atoms with van der Waals surface area (Å²) in [6, 6.07) is 11.2. The standard InChI is InChI=1S/C32H42F2O/c1-3-22-35-30-21-20-29(31(33)32(30)34)28-18-16-27(17-19-28)26-14-12-25(13-15-26)7-5-4-6-24-10-8-23(2)9-11-24/h4,6,16-21,23-26H,3,5,7-15,22H2,1-2H3/b6-4+. The minimum Gasteiger partial charge on any atom is -0.490 e. The Morgan fingerprint density at radius 1 is 0.857 bits per heavy atom. The minimum atomic E-state index is -0.901. The van der Waals surface area contributed by atoms with Gasteiger partial charge in [-0.2, -0.15) is 4.39 Å². The second kappa shape index (κ2) is 12.7. The molecule has 0 bridgehead atoms. The fourth-order valence-corrected chi connectivity index (χ4v) is 5.90. The van der Waals surface area contributed by atoms with Crippen molar-refractivity contribution in [2.45, 2.75) is 90.4 Å². The molecule has 190 valence electrons. The maximum absolute atomic E-state index is 14.7. The average molecular weight is 481 g/mol. The molecule has 2 aromatic carbocycles. The summed E-state index contributed by atoms with van der Waals surface area (Å²) >= 11 is 0. The van der Waals surface area contributed by atoms with E-state index >= 15 is 0 Å². The molecule has 0 unspecified atom stereocenters. The lowest BCUT2D eigenvalue weighted by Gasteiger charge is -2.29. The normalized spacial score (nSPS) is 25.1. The second-order valence-electron chi connectivity index (χ2n) is 11.0. The first-order valence-corrected chi connectivity index (χ1v) is 13.9. The summed E-state index contributed by atoms with van der Waals surface area (Å²) in [6.45, 7) is 4.70. The van der Waals surface area contributed by atoms with E-state index < -0.39 is 11.6 Å². The molecule has 3 heteroatoms. The monoisotopic (exact) mass is 480 g/mol. The Hall–Kier alpha value is -2.16. The van der Waals surface area contributed by atoms with Crippen molar-refractivity contribution < 1.29 is 13.5 Å². The summed E-state index contributed by atoms with van der Waals surface area (Å²) in [5.41, 5.74) is 2.32. The van der Waals surface area contributed by atoms with Crippen LogP contribution in [0.25, 0.3) is 11.1 Å². The van der Waals surface area contributed by atoms with Gasteiger partial charge in [-0.25, -0.2) is 4.39 Å². The van der Waals surface area contributed by atoms with Crippen LogP contribution in [0.5, 0.6) is 5.75 Å². The highest BCUT2D eigenvalue weighted by atomic mass is 19.2. The van der Waals surface area contributed by atoms with Crippen molar-refractivity contribution >= 4 is 0 Å². The number of hydrogen-bond donors (Lipinski definition) is 0. The van der Waals surface area contributed by atoms with E-state index in [2.05, 4.69) is 31.2 Å². The average Bonchev–Trinajstić information content (AvgIpc) is 2.89. The molecule has 1 nitrogen and oxygen atoms in total. The van der Waals surface area contributed by atoms with Gasteiger partial charge in [0.05, 0.1) is 6.61 Å². The van der Waals surface area contributed by atoms with E-state index in [-0.39, 0.29) is 11.3 Å². The van der Waals surface area contributed by atoms with E-state index in [0.717, 1.165) is 24.2 Å². The molecule has 0 aromatic heterocycles. The number of hydrogen-bond acceptors (Lipinski definition) is 1. The van der Waals surface area contributed by atoms with Crippen LogP contribution in [-0.4, -0.2) is 6.61 Å². The lowest BCUT2D eigenvalue weighted by molar-refractivity contribution is 0.295. The number of allylic oxidation sites excluding steroid dienone is 2. The molecule has 2 saturated carbocycles. The van der Waals surface area contributed by atoms with Crippen LogP contribution in [0.15, 0.2) is 48.6 Å². The van der Waals surface area contributed by atoms with E-state index in [1.165, 1.54) is 75.8 Å². The van der Waals surface area contributed by atoms with Crippen LogP contribution < -0.4 is 4.74 Å². The van der Waals surface area contributed by atoms with Crippen molar-refractivity contribution in [1.82, 2.24) is 0 Å². The van der Waals surface area contributed by atoms with E-state index in [0.29, 0.717) is 18.1 Å². The maximum atomic E-state index is 14.7. The van der Waals surface area contributed by atoms with Crippen molar-refractivity contribution in [2.75, 3.05) is 6.61 Å². The number of rotatable bonds is 9. The first kappa shape index (κ1) is 25.9. The molecule has 4 rings (SSSR count). The molecule has 0 spiro atoms. The Labute approximate surface area is 211 Å². The van der Waals surface area contributed by atoms with Crippen molar-refractivity contribution in [3.05, 3.63) is 65.7 Å². The Kier molecular flexibility index (Phi) is 9.40. The molecule has 0 saturated heterocycles. The molecule has 0 atom stereocenters. The number of halogens is 2. The van der Waals surface area contributed by atoms with E-state index in [9.17, 15) is 8.78 Å². The van der Waals surface area contributed by atoms with E-state index in [4.69, 9.17) is 4.74 Å². The zero-order valence-corrected chi connectivity index (χ0v) is 21.6. The van der Waals surface area contributed by atoms with Crippen molar-refractivity contribution in [3.63, 3.8) is 0 Å². The molecule has 2 aromatic rings. The molecule has 0 amide bonds. The Bertz CT molecular complexity index is 948. The van der Waals surface area contributed by atoms with Gasteiger partial charge in [-0.15, -0.1) is 0 Å². The fraction of sp³-hybridized carbons (Fsp3) is 0.562. The van der Waals surface area contributed by atoms with Crippen LogP contribution in [0.2, 0.25) is 0 Å². The first-order valence-electron chi connectivity index (χ1n) is 13.9. The molecule has 35 heavy (non-hydrogen) atoms. The quantitative estimate of drug-likeness (QED) is 0.324. The lowest BCUT2D eigenvalue weighted by atomic mass is 9.77. The van der Waals surface area contributed by atoms with Gasteiger partial charge < -0.3 is 4.74 Å². The van der Waals surface area contributed by atoms with Gasteiger partial charge in [-0.1, -0.05) is 63.1 Å². The molecular weight excluding hydrogens is 438 g/mol. The van der Waals surface area contributed by atoms with Crippen molar-refractivity contribution in [1.29, 1.82) is 0 Å². The topological polar surface area (TPSA) is 9.23 Å². The zero-order valence-electron chi connectivity index (χ0n) is 21.6. The maximum Gasteiger partial charge on any atom is 0.201 e. The number of ether oxygens (including phenoxy) is 1. The van der Waals surface area contributed by atoms with Crippen LogP contribution in [0.3, 0.4) is 0 Å². The van der Waals surface area contributed by atoms with E-state index in [1.54, 1.807) is 6.07 Å². The first-order chi connectivity index (χ1) is 17.0. The summed E-state index contributed by atoms with van der Waals surface area (Å²) < 4.78 is 34.4. The Morgan fingerprint density at radius 2 is 1.57 bits per heavy atom. The van der Waals surface area contributed by atoms with Gasteiger partial charge in [0.15, 0.2) is 11.6 Å². The Morgan fingerprint density at radius 3 is 2.26 bits per heavy atom. The molecule has 0 radical (unpaired) electrons. The van der Waals surface area contributed by atoms with Crippen LogP contribution in [-0.2, 0) is 0 Å². The van der Waals surface area contributed by atoms with Crippen molar-refractivity contribution in [2.24, 2.45) is 17.8 Å². The zero-order chi connectivity index (χ0) is 24.6. The molecule has 0 N–H and O–H groups in total. The van der Waals surface area contributed by atoms with Crippen LogP contribution in [0.1, 0.15) is 96.0 Å². The molecular formula is C32H42F2O. The van der Waals surface area contributed by atoms with Gasteiger partial charge in [0.1, 0.15) is 0 Å². The van der Waals surface area contributed by atoms with Crippen molar-refractivity contribution in [3.8, 4) is 16.9 Å². The molecule has 2 aliphatic rings. The van der Waals surface area contributed by atoms with Gasteiger partial charge in [0.25, 0.3) is 0 Å².